The van der Waals surface area contributed by atoms with Gasteiger partial charge in [-0.05, 0) is 37.3 Å². The van der Waals surface area contributed by atoms with E-state index in [1.807, 2.05) is 6.07 Å². The highest BCUT2D eigenvalue weighted by molar-refractivity contribution is 5.94. The average Bonchev–Trinajstić information content (AvgIpc) is 3.33. The molecule has 4 aromatic rings. The molecule has 0 aliphatic carbocycles. The van der Waals surface area contributed by atoms with Gasteiger partial charge in [-0.2, -0.15) is 15.6 Å². The number of rotatable bonds is 8. The number of alkyl halides is 1. The molecule has 0 aliphatic rings. The molecule has 3 atom stereocenters. The number of hydrogen-bond donors (Lipinski definition) is 3. The van der Waals surface area contributed by atoms with Crippen molar-refractivity contribution in [3.8, 4) is 12.1 Å². The lowest BCUT2D eigenvalue weighted by molar-refractivity contribution is -0.0253. The van der Waals surface area contributed by atoms with E-state index in [1.54, 1.807) is 30.3 Å². The minimum atomic E-state index is -2.01. The van der Waals surface area contributed by atoms with Crippen molar-refractivity contribution < 1.29 is 14.3 Å². The van der Waals surface area contributed by atoms with Crippen LogP contribution in [0.15, 0.2) is 61.3 Å². The van der Waals surface area contributed by atoms with Gasteiger partial charge in [0.2, 0.25) is 5.82 Å². The summed E-state index contributed by atoms with van der Waals surface area (Å²) in [6, 6.07) is 10.4. The fourth-order valence-corrected chi connectivity index (χ4v) is 3.55. The molecule has 0 bridgehead atoms. The molecule has 4 rings (SSSR count). The third-order valence-corrected chi connectivity index (χ3v) is 5.48. The van der Waals surface area contributed by atoms with Gasteiger partial charge in [-0.1, -0.05) is 0 Å². The predicted molar refractivity (Wildman–Crippen MR) is 125 cm³/mol. The van der Waals surface area contributed by atoms with Gasteiger partial charge >= 0.3 is 0 Å². The summed E-state index contributed by atoms with van der Waals surface area (Å²) in [5.74, 6) is -0.621. The number of pyridine rings is 1. The number of nitrogens with zero attached hydrogens (tertiary/aromatic N) is 7. The van der Waals surface area contributed by atoms with Crippen molar-refractivity contribution in [3.05, 3.63) is 84.0 Å². The number of amides is 1. The summed E-state index contributed by atoms with van der Waals surface area (Å²) in [5.41, 5.74) is -0.303. The molecular formula is C24H20FN9O2. The summed E-state index contributed by atoms with van der Waals surface area (Å²) in [4.78, 5) is 24.5. The first-order valence-corrected chi connectivity index (χ1v) is 10.7. The maximum atomic E-state index is 16.1. The number of aliphatic hydroxyl groups is 1. The molecule has 0 aliphatic heterocycles. The molecular weight excluding hydrogens is 465 g/mol. The highest BCUT2D eigenvalue weighted by Gasteiger charge is 2.41. The van der Waals surface area contributed by atoms with Crippen LogP contribution in [0.3, 0.4) is 0 Å². The number of hydrogen-bond acceptors (Lipinski definition) is 9. The van der Waals surface area contributed by atoms with E-state index in [0.717, 1.165) is 0 Å². The van der Waals surface area contributed by atoms with Crippen LogP contribution in [-0.2, 0) is 0 Å². The Morgan fingerprint density at radius 1 is 1.19 bits per heavy atom. The molecule has 4 heterocycles. The fraction of sp³-hybridized carbons (Fsp3) is 0.208. The Kier molecular flexibility index (Phi) is 6.81. The lowest BCUT2D eigenvalue weighted by atomic mass is 9.92. The standard InChI is InChI=1S/C24H20FN9O2/c1-24(36,14-31-17-12-29-20(9-27)30-13-17)22(25)21(33-23(35)16-3-2-6-28-11-16)19-5-4-18-7-15(8-26)10-32-34(18)19/h2-7,10-13,21-22,31,36H,14H2,1H3,(H,33,35)/t21-,22-,24-/m1/s1. The van der Waals surface area contributed by atoms with E-state index >= 15 is 4.39 Å². The molecule has 1 amide bonds. The molecule has 0 spiro atoms. The van der Waals surface area contributed by atoms with E-state index in [-0.39, 0.29) is 23.6 Å². The summed E-state index contributed by atoms with van der Waals surface area (Å²) >= 11 is 0. The topological polar surface area (TPSA) is 165 Å². The number of aromatic nitrogens is 5. The lowest BCUT2D eigenvalue weighted by Gasteiger charge is -2.33. The van der Waals surface area contributed by atoms with E-state index < -0.39 is 23.7 Å². The van der Waals surface area contributed by atoms with Gasteiger partial charge in [0.05, 0.1) is 46.6 Å². The monoisotopic (exact) mass is 485 g/mol. The molecule has 3 N–H and O–H groups in total. The molecule has 0 fully saturated rings. The Bertz CT molecular complexity index is 1460. The fourth-order valence-electron chi connectivity index (χ4n) is 3.55. The molecule has 4 aromatic heterocycles. The zero-order valence-electron chi connectivity index (χ0n) is 19.0. The second-order valence-corrected chi connectivity index (χ2v) is 8.16. The number of anilines is 1. The van der Waals surface area contributed by atoms with Crippen molar-refractivity contribution in [3.63, 3.8) is 0 Å². The summed E-state index contributed by atoms with van der Waals surface area (Å²) in [5, 5.41) is 38.8. The van der Waals surface area contributed by atoms with E-state index in [9.17, 15) is 9.90 Å². The van der Waals surface area contributed by atoms with Crippen LogP contribution in [-0.4, -0.2) is 53.9 Å². The minimum absolute atomic E-state index is 0.0268. The van der Waals surface area contributed by atoms with E-state index in [0.29, 0.717) is 16.8 Å². The lowest BCUT2D eigenvalue weighted by Crippen LogP contribution is -2.50. The van der Waals surface area contributed by atoms with Crippen LogP contribution in [0, 0.1) is 22.7 Å². The number of fused-ring (bicyclic) bond motifs is 1. The van der Waals surface area contributed by atoms with Crippen molar-refractivity contribution in [2.24, 2.45) is 0 Å². The van der Waals surface area contributed by atoms with Crippen molar-refractivity contribution in [2.45, 2.75) is 24.7 Å². The molecule has 0 unspecified atom stereocenters. The summed E-state index contributed by atoms with van der Waals surface area (Å²) in [6.07, 6.45) is 4.85. The average molecular weight is 485 g/mol. The molecule has 0 saturated heterocycles. The highest BCUT2D eigenvalue weighted by atomic mass is 19.1. The normalized spacial score (nSPS) is 14.1. The molecule has 12 heteroatoms. The van der Waals surface area contributed by atoms with E-state index in [1.165, 1.54) is 48.5 Å². The number of carbonyl (C=O) groups is 1. The van der Waals surface area contributed by atoms with Gasteiger partial charge in [-0.3, -0.25) is 9.78 Å². The van der Waals surface area contributed by atoms with Gasteiger partial charge in [-0.25, -0.2) is 18.9 Å². The first-order chi connectivity index (χ1) is 17.3. The molecule has 0 radical (unpaired) electrons. The molecule has 180 valence electrons. The number of nitriles is 2. The quantitative estimate of drug-likeness (QED) is 0.338. The second kappa shape index (κ2) is 10.1. The number of halogens is 1. The largest absolute Gasteiger partial charge is 0.385 e. The smallest absolute Gasteiger partial charge is 0.253 e. The third kappa shape index (κ3) is 5.09. The van der Waals surface area contributed by atoms with Crippen molar-refractivity contribution >= 4 is 17.1 Å². The van der Waals surface area contributed by atoms with Crippen LogP contribution in [0.2, 0.25) is 0 Å². The molecule has 11 nitrogen and oxygen atoms in total. The van der Waals surface area contributed by atoms with Gasteiger partial charge in [0.15, 0.2) is 6.17 Å². The Morgan fingerprint density at radius 3 is 2.64 bits per heavy atom. The Morgan fingerprint density at radius 2 is 1.97 bits per heavy atom. The Hall–Kier alpha value is -4.94. The summed E-state index contributed by atoms with van der Waals surface area (Å²) in [6.45, 7) is 1.02. The maximum absolute atomic E-state index is 16.1. The van der Waals surface area contributed by atoms with Crippen molar-refractivity contribution in [2.75, 3.05) is 11.9 Å². The van der Waals surface area contributed by atoms with Crippen LogP contribution in [0.25, 0.3) is 5.52 Å². The SMILES string of the molecule is C[C@@](O)(CNc1cnc(C#N)nc1)[C@H](F)[C@H](NC(=O)c1cccnc1)c1ccc2cc(C#N)cnn12. The minimum Gasteiger partial charge on any atom is -0.385 e. The Balaban J connectivity index is 1.64. The first kappa shape index (κ1) is 24.2. The summed E-state index contributed by atoms with van der Waals surface area (Å²) in [7, 11) is 0. The van der Waals surface area contributed by atoms with Crippen LogP contribution in [0.4, 0.5) is 10.1 Å². The molecule has 36 heavy (non-hydrogen) atoms. The Labute approximate surface area is 204 Å². The third-order valence-electron chi connectivity index (χ3n) is 5.48. The summed E-state index contributed by atoms with van der Waals surface area (Å²) < 4.78 is 17.5. The maximum Gasteiger partial charge on any atom is 0.253 e. The second-order valence-electron chi connectivity index (χ2n) is 8.16. The molecule has 0 aromatic carbocycles. The van der Waals surface area contributed by atoms with E-state index in [4.69, 9.17) is 10.5 Å². The van der Waals surface area contributed by atoms with Gasteiger partial charge in [-0.15, -0.1) is 0 Å². The van der Waals surface area contributed by atoms with Crippen molar-refractivity contribution in [1.82, 2.24) is 29.9 Å². The zero-order valence-corrected chi connectivity index (χ0v) is 19.0. The van der Waals surface area contributed by atoms with Gasteiger partial charge in [0.1, 0.15) is 23.8 Å². The zero-order chi connectivity index (χ0) is 25.7. The van der Waals surface area contributed by atoms with Gasteiger partial charge in [0, 0.05) is 18.9 Å². The van der Waals surface area contributed by atoms with E-state index in [2.05, 4.69) is 30.7 Å². The van der Waals surface area contributed by atoms with Crippen LogP contribution in [0.5, 0.6) is 0 Å². The van der Waals surface area contributed by atoms with Gasteiger partial charge < -0.3 is 15.7 Å². The van der Waals surface area contributed by atoms with Crippen LogP contribution < -0.4 is 10.6 Å². The molecule has 0 saturated carbocycles. The highest BCUT2D eigenvalue weighted by Crippen LogP contribution is 2.30. The van der Waals surface area contributed by atoms with Crippen molar-refractivity contribution in [1.29, 1.82) is 10.5 Å². The first-order valence-electron chi connectivity index (χ1n) is 10.7. The van der Waals surface area contributed by atoms with Crippen LogP contribution >= 0.6 is 0 Å². The number of nitrogens with one attached hydrogen (secondary N) is 2. The predicted octanol–water partition coefficient (Wildman–Crippen LogP) is 1.93. The van der Waals surface area contributed by atoms with Crippen LogP contribution in [0.1, 0.15) is 40.4 Å². The number of carbonyl (C=O) groups excluding carboxylic acids is 1. The van der Waals surface area contributed by atoms with Gasteiger partial charge in [0.25, 0.3) is 5.91 Å².